The first-order valence-electron chi connectivity index (χ1n) is 6.20. The molecule has 0 aromatic carbocycles. The van der Waals surface area contributed by atoms with E-state index in [0.29, 0.717) is 11.0 Å². The molecule has 1 fully saturated rings. The molecule has 8 heteroatoms. The third-order valence-electron chi connectivity index (χ3n) is 3.18. The number of nitrogen functional groups attached to an aromatic ring is 1. The molecule has 4 atom stereocenters. The molecule has 2 aromatic heterocycles. The average molecular weight is 267 g/mol. The SMILES string of the molecule is [2H][C@@]1(O)[C@H](O)[C@@H](CO)O[C@H]1n1ccc2c(N)ncnc21. The van der Waals surface area contributed by atoms with Gasteiger partial charge in [-0.15, -0.1) is 0 Å². The fraction of sp³-hybridized carbons (Fsp3) is 0.455. The minimum atomic E-state index is -2.31. The lowest BCUT2D eigenvalue weighted by Gasteiger charge is -2.17. The van der Waals surface area contributed by atoms with Crippen molar-refractivity contribution in [2.24, 2.45) is 0 Å². The summed E-state index contributed by atoms with van der Waals surface area (Å²) in [5, 5.41) is 29.6. The summed E-state index contributed by atoms with van der Waals surface area (Å²) >= 11 is 0. The van der Waals surface area contributed by atoms with Crippen LogP contribution in [-0.4, -0.2) is 54.7 Å². The zero-order chi connectivity index (χ0) is 14.5. The smallest absolute Gasteiger partial charge is 0.164 e. The first kappa shape index (κ1) is 11.1. The van der Waals surface area contributed by atoms with Gasteiger partial charge in [0.25, 0.3) is 0 Å². The second kappa shape index (κ2) is 4.42. The third kappa shape index (κ3) is 1.77. The van der Waals surface area contributed by atoms with Gasteiger partial charge in [-0.1, -0.05) is 0 Å². The molecule has 102 valence electrons. The van der Waals surface area contributed by atoms with Crippen molar-refractivity contribution in [3.63, 3.8) is 0 Å². The summed E-state index contributed by atoms with van der Waals surface area (Å²) in [7, 11) is 0. The quantitative estimate of drug-likeness (QED) is 0.528. The third-order valence-corrected chi connectivity index (χ3v) is 3.18. The van der Waals surface area contributed by atoms with E-state index in [4.69, 9.17) is 16.9 Å². The molecular formula is C11H14N4O4. The van der Waals surface area contributed by atoms with Gasteiger partial charge in [0, 0.05) is 6.20 Å². The summed E-state index contributed by atoms with van der Waals surface area (Å²) in [6, 6.07) is 1.63. The van der Waals surface area contributed by atoms with Gasteiger partial charge in [-0.2, -0.15) is 0 Å². The van der Waals surface area contributed by atoms with E-state index in [1.165, 1.54) is 17.1 Å². The molecule has 2 aromatic rings. The number of hydrogen-bond acceptors (Lipinski definition) is 7. The number of anilines is 1. The lowest BCUT2D eigenvalue weighted by Crippen LogP contribution is -2.33. The zero-order valence-corrected chi connectivity index (χ0v) is 9.84. The topological polar surface area (TPSA) is 127 Å². The predicted molar refractivity (Wildman–Crippen MR) is 64.9 cm³/mol. The van der Waals surface area contributed by atoms with Gasteiger partial charge in [0.2, 0.25) is 0 Å². The van der Waals surface area contributed by atoms with Gasteiger partial charge < -0.3 is 30.4 Å². The van der Waals surface area contributed by atoms with Crippen molar-refractivity contribution in [1.29, 1.82) is 0 Å². The van der Waals surface area contributed by atoms with Crippen LogP contribution in [0.4, 0.5) is 5.82 Å². The van der Waals surface area contributed by atoms with Crippen molar-refractivity contribution < 1.29 is 21.4 Å². The molecule has 8 nitrogen and oxygen atoms in total. The molecule has 19 heavy (non-hydrogen) atoms. The Morgan fingerprint density at radius 1 is 1.47 bits per heavy atom. The first-order valence-corrected chi connectivity index (χ1v) is 5.70. The second-order valence-corrected chi connectivity index (χ2v) is 4.30. The molecule has 1 saturated heterocycles. The van der Waals surface area contributed by atoms with E-state index in [-0.39, 0.29) is 5.82 Å². The maximum absolute atomic E-state index is 10.1. The Kier molecular flexibility index (Phi) is 2.59. The van der Waals surface area contributed by atoms with Gasteiger partial charge in [-0.05, 0) is 6.07 Å². The molecule has 0 saturated carbocycles. The number of nitrogens with zero attached hydrogens (tertiary/aromatic N) is 3. The van der Waals surface area contributed by atoms with Crippen LogP contribution < -0.4 is 5.73 Å². The van der Waals surface area contributed by atoms with Crippen molar-refractivity contribution in [1.82, 2.24) is 14.5 Å². The molecule has 3 rings (SSSR count). The van der Waals surface area contributed by atoms with Gasteiger partial charge in [0.1, 0.15) is 36.1 Å². The highest BCUT2D eigenvalue weighted by molar-refractivity contribution is 5.86. The van der Waals surface area contributed by atoms with Crippen molar-refractivity contribution in [2.75, 3.05) is 12.3 Å². The highest BCUT2D eigenvalue weighted by Crippen LogP contribution is 2.32. The van der Waals surface area contributed by atoms with E-state index in [1.807, 2.05) is 0 Å². The normalized spacial score (nSPS) is 35.7. The van der Waals surface area contributed by atoms with Crippen molar-refractivity contribution in [2.45, 2.75) is 24.5 Å². The highest BCUT2D eigenvalue weighted by Gasteiger charge is 2.43. The van der Waals surface area contributed by atoms with Crippen molar-refractivity contribution in [3.05, 3.63) is 18.6 Å². The highest BCUT2D eigenvalue weighted by atomic mass is 16.6. The number of nitrogens with two attached hydrogens (primary N) is 1. The molecule has 0 radical (unpaired) electrons. The second-order valence-electron chi connectivity index (χ2n) is 4.30. The zero-order valence-electron chi connectivity index (χ0n) is 10.8. The summed E-state index contributed by atoms with van der Waals surface area (Å²) < 4.78 is 14.6. The van der Waals surface area contributed by atoms with Crippen LogP contribution in [0.1, 0.15) is 7.60 Å². The summed E-state index contributed by atoms with van der Waals surface area (Å²) in [4.78, 5) is 7.88. The molecular weight excluding hydrogens is 252 g/mol. The molecule has 0 bridgehead atoms. The van der Waals surface area contributed by atoms with Crippen LogP contribution in [-0.2, 0) is 4.74 Å². The molecule has 3 heterocycles. The van der Waals surface area contributed by atoms with Crippen LogP contribution in [0.3, 0.4) is 0 Å². The fourth-order valence-corrected chi connectivity index (χ4v) is 2.18. The Balaban J connectivity index is 2.10. The number of aromatic nitrogens is 3. The number of aliphatic hydroxyl groups is 3. The van der Waals surface area contributed by atoms with E-state index in [2.05, 4.69) is 9.97 Å². The van der Waals surface area contributed by atoms with Crippen LogP contribution in [0.25, 0.3) is 11.0 Å². The Labute approximate surface area is 109 Å². The summed E-state index contributed by atoms with van der Waals surface area (Å²) in [5.41, 5.74) is 6.09. The van der Waals surface area contributed by atoms with Crippen LogP contribution in [0, 0.1) is 0 Å². The van der Waals surface area contributed by atoms with E-state index in [1.54, 1.807) is 6.07 Å². The number of rotatable bonds is 2. The lowest BCUT2D eigenvalue weighted by molar-refractivity contribution is -0.0508. The van der Waals surface area contributed by atoms with Crippen LogP contribution in [0.5, 0.6) is 0 Å². The summed E-state index contributed by atoms with van der Waals surface area (Å²) in [5.74, 6) is 0.263. The van der Waals surface area contributed by atoms with E-state index >= 15 is 0 Å². The van der Waals surface area contributed by atoms with E-state index in [9.17, 15) is 10.2 Å². The monoisotopic (exact) mass is 267 g/mol. The molecule has 1 aliphatic heterocycles. The van der Waals surface area contributed by atoms with Gasteiger partial charge in [0.05, 0.1) is 13.4 Å². The average Bonchev–Trinajstić information content (AvgIpc) is 2.92. The van der Waals surface area contributed by atoms with Crippen LogP contribution in [0.2, 0.25) is 0 Å². The number of aliphatic hydroxyl groups excluding tert-OH is 2. The lowest BCUT2D eigenvalue weighted by atomic mass is 10.1. The summed E-state index contributed by atoms with van der Waals surface area (Å²) in [6.07, 6.45) is -3.30. The largest absolute Gasteiger partial charge is 0.394 e. The van der Waals surface area contributed by atoms with Crippen molar-refractivity contribution >= 4 is 16.9 Å². The van der Waals surface area contributed by atoms with Gasteiger partial charge in [-0.25, -0.2) is 9.97 Å². The van der Waals surface area contributed by atoms with Crippen molar-refractivity contribution in [3.8, 4) is 0 Å². The Morgan fingerprint density at radius 2 is 2.26 bits per heavy atom. The molecule has 5 N–H and O–H groups in total. The molecule has 0 aliphatic carbocycles. The number of ether oxygens (including phenoxy) is 1. The molecule has 0 amide bonds. The maximum Gasteiger partial charge on any atom is 0.164 e. The molecule has 1 aliphatic rings. The van der Waals surface area contributed by atoms with Crippen LogP contribution in [0.15, 0.2) is 18.6 Å². The summed E-state index contributed by atoms with van der Waals surface area (Å²) in [6.45, 7) is -0.505. The standard InChI is InChI=1S/C11H14N4O4/c12-9-5-1-2-15(10(5)14-4-13-9)11-8(18)7(17)6(3-16)19-11/h1-2,4,6-8,11,16-18H,3H2,(H2,12,13,14)/t6-,7-,8-,11-/m1/s1/i8D. The van der Waals surface area contributed by atoms with E-state index in [0.717, 1.165) is 0 Å². The maximum atomic E-state index is 10.1. The minimum Gasteiger partial charge on any atom is -0.394 e. The Hall–Kier alpha value is -1.74. The minimum absolute atomic E-state index is 0.263. The van der Waals surface area contributed by atoms with E-state index < -0.39 is 31.1 Å². The number of hydrogen-bond donors (Lipinski definition) is 4. The van der Waals surface area contributed by atoms with Gasteiger partial charge in [0.15, 0.2) is 6.23 Å². The first-order chi connectivity index (χ1) is 9.46. The number of fused-ring (bicyclic) bond motifs is 1. The molecule has 0 unspecified atom stereocenters. The van der Waals surface area contributed by atoms with Gasteiger partial charge >= 0.3 is 0 Å². The van der Waals surface area contributed by atoms with Gasteiger partial charge in [-0.3, -0.25) is 0 Å². The fourth-order valence-electron chi connectivity index (χ4n) is 2.18. The molecule has 0 spiro atoms. The Morgan fingerprint density at radius 3 is 2.95 bits per heavy atom. The predicted octanol–water partition coefficient (Wildman–Crippen LogP) is -1.37. The van der Waals surface area contributed by atoms with Crippen LogP contribution >= 0.6 is 0 Å². The Bertz CT molecular complexity index is 646.